The first-order valence-corrected chi connectivity index (χ1v) is 11.3. The van der Waals surface area contributed by atoms with Crippen LogP contribution in [0.2, 0.25) is 0 Å². The maximum Gasteiger partial charge on any atom is 0.411 e. The number of nitrogens with one attached hydrogen (secondary N) is 1. The van der Waals surface area contributed by atoms with E-state index in [9.17, 15) is 9.59 Å². The minimum Gasteiger partial charge on any atom is -0.493 e. The lowest BCUT2D eigenvalue weighted by atomic mass is 10.1. The standard InChI is InChI=1S/C27H31N3O5/c1-33-24-13-12-22(17-25(24)34-2)26(31)30(15-7-14-28)18-21-10-6-11-23(16-21)29-27(32)35-19-20-8-4-3-5-9-20/h3-6,8-13,16-17H,7,14-15,18-19,28H2,1-2H3,(H,29,32). The van der Waals surface area contributed by atoms with Crippen LogP contribution in [0.1, 0.15) is 27.9 Å². The molecule has 0 atom stereocenters. The Morgan fingerprint density at radius 2 is 1.63 bits per heavy atom. The molecular weight excluding hydrogens is 446 g/mol. The van der Waals surface area contributed by atoms with Crippen molar-refractivity contribution in [3.05, 3.63) is 89.5 Å². The number of methoxy groups -OCH3 is 2. The summed E-state index contributed by atoms with van der Waals surface area (Å²) in [6.45, 7) is 1.48. The number of hydrogen-bond acceptors (Lipinski definition) is 6. The van der Waals surface area contributed by atoms with Crippen molar-refractivity contribution in [1.82, 2.24) is 4.90 Å². The number of carbonyl (C=O) groups excluding carboxylic acids is 2. The molecule has 35 heavy (non-hydrogen) atoms. The molecule has 8 heteroatoms. The quantitative estimate of drug-likeness (QED) is 0.423. The molecule has 0 aliphatic carbocycles. The lowest BCUT2D eigenvalue weighted by Crippen LogP contribution is -2.32. The van der Waals surface area contributed by atoms with Gasteiger partial charge < -0.3 is 24.8 Å². The van der Waals surface area contributed by atoms with E-state index >= 15 is 0 Å². The molecule has 0 bridgehead atoms. The van der Waals surface area contributed by atoms with E-state index in [0.29, 0.717) is 48.8 Å². The largest absolute Gasteiger partial charge is 0.493 e. The fourth-order valence-corrected chi connectivity index (χ4v) is 3.53. The third kappa shape index (κ3) is 7.48. The van der Waals surface area contributed by atoms with E-state index in [1.54, 1.807) is 36.3 Å². The summed E-state index contributed by atoms with van der Waals surface area (Å²) < 4.78 is 15.9. The van der Waals surface area contributed by atoms with Crippen molar-refractivity contribution in [2.75, 3.05) is 32.6 Å². The zero-order chi connectivity index (χ0) is 25.0. The molecule has 3 N–H and O–H groups in total. The average Bonchev–Trinajstić information content (AvgIpc) is 2.89. The van der Waals surface area contributed by atoms with Crippen molar-refractivity contribution in [3.63, 3.8) is 0 Å². The number of nitrogens with zero attached hydrogens (tertiary/aromatic N) is 1. The van der Waals surface area contributed by atoms with Crippen molar-refractivity contribution >= 4 is 17.7 Å². The predicted molar refractivity (Wildman–Crippen MR) is 135 cm³/mol. The summed E-state index contributed by atoms with van der Waals surface area (Å²) in [5.74, 6) is 0.882. The molecule has 184 valence electrons. The Labute approximate surface area is 205 Å². The van der Waals surface area contributed by atoms with Crippen LogP contribution in [0, 0.1) is 0 Å². The van der Waals surface area contributed by atoms with Crippen molar-refractivity contribution < 1.29 is 23.8 Å². The molecule has 3 aromatic rings. The number of carbonyl (C=O) groups is 2. The van der Waals surface area contributed by atoms with E-state index in [1.807, 2.05) is 48.5 Å². The van der Waals surface area contributed by atoms with Crippen LogP contribution in [0.25, 0.3) is 0 Å². The van der Waals surface area contributed by atoms with E-state index in [4.69, 9.17) is 19.9 Å². The molecule has 8 nitrogen and oxygen atoms in total. The van der Waals surface area contributed by atoms with Gasteiger partial charge >= 0.3 is 6.09 Å². The van der Waals surface area contributed by atoms with E-state index in [0.717, 1.165) is 11.1 Å². The second-order valence-corrected chi connectivity index (χ2v) is 7.83. The second-order valence-electron chi connectivity index (χ2n) is 7.83. The van der Waals surface area contributed by atoms with E-state index < -0.39 is 6.09 Å². The zero-order valence-electron chi connectivity index (χ0n) is 20.0. The first-order valence-electron chi connectivity index (χ1n) is 11.3. The summed E-state index contributed by atoms with van der Waals surface area (Å²) in [4.78, 5) is 27.3. The summed E-state index contributed by atoms with van der Waals surface area (Å²) in [6.07, 6.45) is 0.107. The molecule has 3 rings (SSSR count). The van der Waals surface area contributed by atoms with Gasteiger partial charge in [0, 0.05) is 24.3 Å². The molecule has 0 radical (unpaired) electrons. The van der Waals surface area contributed by atoms with Crippen LogP contribution >= 0.6 is 0 Å². The summed E-state index contributed by atoms with van der Waals surface area (Å²) >= 11 is 0. The second kappa shape index (κ2) is 13.0. The number of anilines is 1. The predicted octanol–water partition coefficient (Wildman–Crippen LogP) is 4.44. The molecule has 2 amide bonds. The molecule has 0 aromatic heterocycles. The fraction of sp³-hybridized carbons (Fsp3) is 0.259. The van der Waals surface area contributed by atoms with Gasteiger partial charge in [0.2, 0.25) is 0 Å². The summed E-state index contributed by atoms with van der Waals surface area (Å²) in [7, 11) is 3.08. The van der Waals surface area contributed by atoms with Gasteiger partial charge in [-0.1, -0.05) is 42.5 Å². The minimum absolute atomic E-state index is 0.153. The molecule has 0 saturated heterocycles. The van der Waals surface area contributed by atoms with Gasteiger partial charge in [0.1, 0.15) is 6.61 Å². The Kier molecular flexibility index (Phi) is 9.50. The van der Waals surface area contributed by atoms with Crippen LogP contribution in [0.4, 0.5) is 10.5 Å². The molecule has 0 saturated carbocycles. The van der Waals surface area contributed by atoms with E-state index in [1.165, 1.54) is 7.11 Å². The molecule has 0 spiro atoms. The Hall–Kier alpha value is -4.04. The highest BCUT2D eigenvalue weighted by Gasteiger charge is 2.18. The summed E-state index contributed by atoms with van der Waals surface area (Å²) in [6, 6.07) is 21.9. The molecule has 3 aromatic carbocycles. The number of amides is 2. The molecule has 0 aliphatic heterocycles. The highest BCUT2D eigenvalue weighted by molar-refractivity contribution is 5.95. The van der Waals surface area contributed by atoms with Gasteiger partial charge in [0.25, 0.3) is 5.91 Å². The number of ether oxygens (including phenoxy) is 3. The lowest BCUT2D eigenvalue weighted by molar-refractivity contribution is 0.0741. The average molecular weight is 478 g/mol. The van der Waals surface area contributed by atoms with E-state index in [2.05, 4.69) is 5.32 Å². The van der Waals surface area contributed by atoms with Crippen LogP contribution in [-0.4, -0.2) is 44.2 Å². The van der Waals surface area contributed by atoms with Gasteiger partial charge in [0.05, 0.1) is 14.2 Å². The number of benzene rings is 3. The molecule has 0 fully saturated rings. The maximum atomic E-state index is 13.3. The van der Waals surface area contributed by atoms with Crippen molar-refractivity contribution in [2.24, 2.45) is 5.73 Å². The van der Waals surface area contributed by atoms with Gasteiger partial charge in [-0.25, -0.2) is 4.79 Å². The third-order valence-corrected chi connectivity index (χ3v) is 5.31. The lowest BCUT2D eigenvalue weighted by Gasteiger charge is -2.23. The normalized spacial score (nSPS) is 10.4. The van der Waals surface area contributed by atoms with Gasteiger partial charge in [-0.15, -0.1) is 0 Å². The first-order chi connectivity index (χ1) is 17.0. The van der Waals surface area contributed by atoms with Gasteiger partial charge in [-0.05, 0) is 54.4 Å². The monoisotopic (exact) mass is 477 g/mol. The van der Waals surface area contributed by atoms with Crippen molar-refractivity contribution in [1.29, 1.82) is 0 Å². The van der Waals surface area contributed by atoms with Crippen LogP contribution in [-0.2, 0) is 17.9 Å². The summed E-state index contributed by atoms with van der Waals surface area (Å²) in [5.41, 5.74) is 8.53. The Morgan fingerprint density at radius 3 is 2.34 bits per heavy atom. The molecule has 0 heterocycles. The van der Waals surface area contributed by atoms with Crippen LogP contribution in [0.15, 0.2) is 72.8 Å². The topological polar surface area (TPSA) is 103 Å². The first kappa shape index (κ1) is 25.6. The van der Waals surface area contributed by atoms with Crippen LogP contribution < -0.4 is 20.5 Å². The van der Waals surface area contributed by atoms with Crippen molar-refractivity contribution in [3.8, 4) is 11.5 Å². The Bertz CT molecular complexity index is 1120. The van der Waals surface area contributed by atoms with Gasteiger partial charge in [-0.3, -0.25) is 10.1 Å². The molecule has 0 aliphatic rings. The van der Waals surface area contributed by atoms with Gasteiger partial charge in [-0.2, -0.15) is 0 Å². The zero-order valence-corrected chi connectivity index (χ0v) is 20.0. The minimum atomic E-state index is -0.549. The highest BCUT2D eigenvalue weighted by atomic mass is 16.5. The fourth-order valence-electron chi connectivity index (χ4n) is 3.53. The Morgan fingerprint density at radius 1 is 0.886 bits per heavy atom. The Balaban J connectivity index is 1.68. The van der Waals surface area contributed by atoms with Gasteiger partial charge in [0.15, 0.2) is 11.5 Å². The van der Waals surface area contributed by atoms with E-state index in [-0.39, 0.29) is 12.5 Å². The van der Waals surface area contributed by atoms with Crippen molar-refractivity contribution in [2.45, 2.75) is 19.6 Å². The maximum absolute atomic E-state index is 13.3. The van der Waals surface area contributed by atoms with Crippen LogP contribution in [0.5, 0.6) is 11.5 Å². The molecule has 0 unspecified atom stereocenters. The number of rotatable bonds is 11. The highest BCUT2D eigenvalue weighted by Crippen LogP contribution is 2.28. The number of hydrogen-bond donors (Lipinski definition) is 2. The summed E-state index contributed by atoms with van der Waals surface area (Å²) in [5, 5.41) is 2.74. The molecular formula is C27H31N3O5. The van der Waals surface area contributed by atoms with Crippen LogP contribution in [0.3, 0.4) is 0 Å². The smallest absolute Gasteiger partial charge is 0.411 e. The third-order valence-electron chi connectivity index (χ3n) is 5.31. The number of nitrogens with two attached hydrogens (primary N) is 1. The SMILES string of the molecule is COc1ccc(C(=O)N(CCCN)Cc2cccc(NC(=O)OCc3ccccc3)c2)cc1OC.